The maximum absolute atomic E-state index is 11.7. The van der Waals surface area contributed by atoms with Crippen molar-refractivity contribution in [1.82, 2.24) is 15.3 Å². The number of pyridine rings is 1. The predicted molar refractivity (Wildman–Crippen MR) is 62.0 cm³/mol. The van der Waals surface area contributed by atoms with Crippen LogP contribution in [-0.2, 0) is 6.54 Å². The van der Waals surface area contributed by atoms with Crippen LogP contribution < -0.4 is 10.2 Å². The van der Waals surface area contributed by atoms with E-state index in [1.165, 1.54) is 18.5 Å². The smallest absolute Gasteiger partial charge is 0.304 e. The number of aromatic nitrogens is 2. The van der Waals surface area contributed by atoms with E-state index in [2.05, 4.69) is 15.3 Å². The summed E-state index contributed by atoms with van der Waals surface area (Å²) in [5, 5.41) is 13.6. The van der Waals surface area contributed by atoms with Crippen molar-refractivity contribution in [2.75, 3.05) is 0 Å². The van der Waals surface area contributed by atoms with Crippen molar-refractivity contribution >= 4 is 17.2 Å². The average molecular weight is 251 g/mol. The summed E-state index contributed by atoms with van der Waals surface area (Å²) in [6, 6.07) is 1.42. The van der Waals surface area contributed by atoms with E-state index in [4.69, 9.17) is 0 Å². The number of amides is 1. The first-order valence-electron chi connectivity index (χ1n) is 4.74. The molecule has 0 aliphatic carbocycles. The van der Waals surface area contributed by atoms with E-state index in [-0.39, 0.29) is 22.7 Å². The van der Waals surface area contributed by atoms with Gasteiger partial charge in [0.25, 0.3) is 5.91 Å². The van der Waals surface area contributed by atoms with Crippen molar-refractivity contribution in [1.29, 1.82) is 0 Å². The van der Waals surface area contributed by atoms with Crippen molar-refractivity contribution in [3.63, 3.8) is 0 Å². The van der Waals surface area contributed by atoms with E-state index >= 15 is 0 Å². The molecule has 2 aromatic rings. The average Bonchev–Trinajstić information content (AvgIpc) is 2.73. The van der Waals surface area contributed by atoms with Crippen LogP contribution in [-0.4, -0.2) is 21.0 Å². The number of hydrogen-bond acceptors (Lipinski definition) is 5. The molecule has 0 aromatic carbocycles. The first kappa shape index (κ1) is 11.3. The maximum Gasteiger partial charge on any atom is 0.304 e. The molecule has 0 aliphatic rings. The number of nitrogens with zero attached hydrogens (tertiary/aromatic N) is 1. The molecule has 0 saturated heterocycles. The van der Waals surface area contributed by atoms with Crippen molar-refractivity contribution < 1.29 is 9.90 Å². The van der Waals surface area contributed by atoms with Gasteiger partial charge in [0, 0.05) is 17.3 Å². The summed E-state index contributed by atoms with van der Waals surface area (Å²) in [4.78, 5) is 28.6. The normalized spacial score (nSPS) is 10.1. The van der Waals surface area contributed by atoms with Gasteiger partial charge in [0.2, 0.25) is 0 Å². The highest BCUT2D eigenvalue weighted by Gasteiger charge is 2.10. The van der Waals surface area contributed by atoms with Crippen LogP contribution in [0.1, 0.15) is 16.1 Å². The standard InChI is InChI=1S/C10H9N3O3S/c14-8-4-11-2-1-7(8)9(15)12-3-6-5-17-10(16)13-6/h1-2,4-5,14H,3H2,(H,12,15)(H,13,16). The zero-order valence-corrected chi connectivity index (χ0v) is 9.45. The SMILES string of the molecule is O=C(NCc1csc(=O)[nH]1)c1ccncc1O. The Bertz CT molecular complexity index is 590. The second-order valence-corrected chi connectivity index (χ2v) is 4.09. The van der Waals surface area contributed by atoms with Gasteiger partial charge in [-0.2, -0.15) is 0 Å². The van der Waals surface area contributed by atoms with Crippen molar-refractivity contribution in [3.8, 4) is 5.75 Å². The predicted octanol–water partition coefficient (Wildman–Crippen LogP) is 0.467. The summed E-state index contributed by atoms with van der Waals surface area (Å²) in [6.07, 6.45) is 2.61. The highest BCUT2D eigenvalue weighted by Crippen LogP contribution is 2.13. The minimum Gasteiger partial charge on any atom is -0.505 e. The van der Waals surface area contributed by atoms with Gasteiger partial charge in [-0.05, 0) is 6.07 Å². The molecule has 2 rings (SSSR count). The van der Waals surface area contributed by atoms with Crippen LogP contribution >= 0.6 is 11.3 Å². The highest BCUT2D eigenvalue weighted by atomic mass is 32.1. The number of carbonyl (C=O) groups is 1. The number of rotatable bonds is 3. The molecule has 0 fully saturated rings. The first-order valence-corrected chi connectivity index (χ1v) is 5.62. The summed E-state index contributed by atoms with van der Waals surface area (Å²) >= 11 is 1.03. The molecular formula is C10H9N3O3S. The lowest BCUT2D eigenvalue weighted by Gasteiger charge is -2.04. The van der Waals surface area contributed by atoms with E-state index in [9.17, 15) is 14.7 Å². The highest BCUT2D eigenvalue weighted by molar-refractivity contribution is 7.07. The fraction of sp³-hybridized carbons (Fsp3) is 0.100. The molecule has 1 amide bonds. The van der Waals surface area contributed by atoms with Gasteiger partial charge in [-0.15, -0.1) is 0 Å². The molecular weight excluding hydrogens is 242 g/mol. The minimum atomic E-state index is -0.419. The molecule has 0 radical (unpaired) electrons. The largest absolute Gasteiger partial charge is 0.505 e. The van der Waals surface area contributed by atoms with E-state index < -0.39 is 5.91 Å². The third kappa shape index (κ3) is 2.70. The summed E-state index contributed by atoms with van der Waals surface area (Å²) in [6.45, 7) is 0.208. The molecule has 0 aliphatic heterocycles. The van der Waals surface area contributed by atoms with Gasteiger partial charge in [-0.1, -0.05) is 11.3 Å². The summed E-state index contributed by atoms with van der Waals surface area (Å²) in [5.74, 6) is -0.597. The third-order valence-corrected chi connectivity index (χ3v) is 2.77. The second-order valence-electron chi connectivity index (χ2n) is 3.25. The Balaban J connectivity index is 2.03. The lowest BCUT2D eigenvalue weighted by atomic mass is 10.2. The lowest BCUT2D eigenvalue weighted by Crippen LogP contribution is -2.23. The molecule has 0 atom stereocenters. The fourth-order valence-corrected chi connectivity index (χ4v) is 1.83. The third-order valence-electron chi connectivity index (χ3n) is 2.05. The van der Waals surface area contributed by atoms with Crippen LogP contribution in [0.25, 0.3) is 0 Å². The monoisotopic (exact) mass is 251 g/mol. The molecule has 0 bridgehead atoms. The van der Waals surface area contributed by atoms with Crippen LogP contribution in [0.2, 0.25) is 0 Å². The van der Waals surface area contributed by atoms with Crippen molar-refractivity contribution in [2.45, 2.75) is 6.54 Å². The van der Waals surface area contributed by atoms with Crippen LogP contribution in [0.3, 0.4) is 0 Å². The van der Waals surface area contributed by atoms with Gasteiger partial charge < -0.3 is 15.4 Å². The Kier molecular flexibility index (Phi) is 3.20. The lowest BCUT2D eigenvalue weighted by molar-refractivity contribution is 0.0947. The molecule has 17 heavy (non-hydrogen) atoms. The fourth-order valence-electron chi connectivity index (χ4n) is 1.25. The molecule has 2 aromatic heterocycles. The summed E-state index contributed by atoms with van der Waals surface area (Å²) in [7, 11) is 0. The number of thiazole rings is 1. The first-order chi connectivity index (χ1) is 8.16. The van der Waals surface area contributed by atoms with Crippen LogP contribution in [0.5, 0.6) is 5.75 Å². The van der Waals surface area contributed by atoms with E-state index in [1.807, 2.05) is 0 Å². The zero-order chi connectivity index (χ0) is 12.3. The number of aromatic hydroxyl groups is 1. The Hall–Kier alpha value is -2.15. The minimum absolute atomic E-state index is 0.151. The Morgan fingerprint density at radius 3 is 3.06 bits per heavy atom. The summed E-state index contributed by atoms with van der Waals surface area (Å²) in [5.41, 5.74) is 0.777. The summed E-state index contributed by atoms with van der Waals surface area (Å²) < 4.78 is 0. The Morgan fingerprint density at radius 1 is 1.59 bits per heavy atom. The number of carbonyl (C=O) groups excluding carboxylic acids is 1. The van der Waals surface area contributed by atoms with Crippen LogP contribution in [0, 0.1) is 0 Å². The van der Waals surface area contributed by atoms with E-state index in [0.717, 1.165) is 11.3 Å². The molecule has 2 heterocycles. The van der Waals surface area contributed by atoms with Gasteiger partial charge in [0.15, 0.2) is 0 Å². The molecule has 88 valence electrons. The molecule has 0 spiro atoms. The van der Waals surface area contributed by atoms with Crippen molar-refractivity contribution in [3.05, 3.63) is 44.8 Å². The van der Waals surface area contributed by atoms with Crippen molar-refractivity contribution in [2.24, 2.45) is 0 Å². The topological polar surface area (TPSA) is 95.1 Å². The molecule has 0 unspecified atom stereocenters. The zero-order valence-electron chi connectivity index (χ0n) is 8.64. The number of aromatic amines is 1. The Labute approximate surface area is 100.0 Å². The number of H-pyrrole nitrogens is 1. The van der Waals surface area contributed by atoms with Crippen LogP contribution in [0.4, 0.5) is 0 Å². The molecule has 6 nitrogen and oxygen atoms in total. The van der Waals surface area contributed by atoms with Gasteiger partial charge in [0.1, 0.15) is 5.75 Å². The Morgan fingerprint density at radius 2 is 2.41 bits per heavy atom. The number of nitrogens with one attached hydrogen (secondary N) is 2. The molecule has 0 saturated carbocycles. The van der Waals surface area contributed by atoms with E-state index in [1.54, 1.807) is 5.38 Å². The second kappa shape index (κ2) is 4.79. The molecule has 3 N–H and O–H groups in total. The van der Waals surface area contributed by atoms with Gasteiger partial charge >= 0.3 is 4.87 Å². The van der Waals surface area contributed by atoms with Gasteiger partial charge in [-0.25, -0.2) is 0 Å². The van der Waals surface area contributed by atoms with E-state index in [0.29, 0.717) is 5.69 Å². The van der Waals surface area contributed by atoms with Gasteiger partial charge in [-0.3, -0.25) is 14.6 Å². The quantitative estimate of drug-likeness (QED) is 0.738. The van der Waals surface area contributed by atoms with Crippen LogP contribution in [0.15, 0.2) is 28.6 Å². The molecule has 7 heteroatoms. The number of hydrogen-bond donors (Lipinski definition) is 3. The van der Waals surface area contributed by atoms with Gasteiger partial charge in [0.05, 0.1) is 18.3 Å². The maximum atomic E-state index is 11.7.